The molecule has 0 aliphatic rings. The highest BCUT2D eigenvalue weighted by atomic mass is 32.2. The summed E-state index contributed by atoms with van der Waals surface area (Å²) in [7, 11) is 0. The molecule has 0 fully saturated rings. The summed E-state index contributed by atoms with van der Waals surface area (Å²) in [5, 5.41) is 7.10. The van der Waals surface area contributed by atoms with Crippen molar-refractivity contribution in [2.45, 2.75) is 20.3 Å². The zero-order valence-electron chi connectivity index (χ0n) is 7.05. The van der Waals surface area contributed by atoms with Gasteiger partial charge in [-0.05, 0) is 25.1 Å². The number of hydrogen-bond donors (Lipinski definition) is 2. The zero-order chi connectivity index (χ0) is 9.11. The lowest BCUT2D eigenvalue weighted by molar-refractivity contribution is -0.450. The van der Waals surface area contributed by atoms with Crippen LogP contribution in [0.5, 0.6) is 0 Å². The maximum Gasteiger partial charge on any atom is 0.301 e. The first-order chi connectivity index (χ1) is 5.31. The van der Waals surface area contributed by atoms with Gasteiger partial charge in [0, 0.05) is 5.75 Å². The first-order valence-corrected chi connectivity index (χ1v) is 4.51. The smallest absolute Gasteiger partial charge is 0.301 e. The van der Waals surface area contributed by atoms with Gasteiger partial charge in [0.15, 0.2) is 0 Å². The fourth-order valence-corrected chi connectivity index (χ4v) is 1.11. The molecule has 0 spiro atoms. The van der Waals surface area contributed by atoms with Gasteiger partial charge in [-0.3, -0.25) is 10.7 Å². The molecule has 0 aliphatic carbocycles. The second kappa shape index (κ2) is 12.0. The Kier molecular flexibility index (Phi) is 14.2. The van der Waals surface area contributed by atoms with Crippen LogP contribution in [0.3, 0.4) is 0 Å². The molecule has 0 aromatic heterocycles. The third-order valence-corrected chi connectivity index (χ3v) is 1.88. The second-order valence-electron chi connectivity index (χ2n) is 1.74. The van der Waals surface area contributed by atoms with Crippen LogP contribution in [0.2, 0.25) is 0 Å². The molecule has 0 atom stereocenters. The van der Waals surface area contributed by atoms with Crippen molar-refractivity contribution in [1.29, 1.82) is 5.26 Å². The van der Waals surface area contributed by atoms with E-state index >= 15 is 0 Å². The largest absolute Gasteiger partial charge is 0.512 e. The van der Waals surface area contributed by atoms with E-state index in [1.807, 2.05) is 6.92 Å². The Morgan fingerprint density at radius 3 is 2.45 bits per heavy atom. The van der Waals surface area contributed by atoms with Crippen molar-refractivity contribution in [3.8, 4) is 0 Å². The SMILES string of the molecule is CCCSC(N)=[NH+]CC.[C-]#N. The molecule has 0 radical (unpaired) electrons. The van der Waals surface area contributed by atoms with Crippen LogP contribution < -0.4 is 10.7 Å². The van der Waals surface area contributed by atoms with Crippen LogP contribution in [0.4, 0.5) is 0 Å². The Balaban J connectivity index is 0. The summed E-state index contributed by atoms with van der Waals surface area (Å²) in [6.07, 6.45) is 1.18. The Labute approximate surface area is 72.7 Å². The zero-order valence-corrected chi connectivity index (χ0v) is 7.87. The van der Waals surface area contributed by atoms with Crippen molar-refractivity contribution in [2.75, 3.05) is 12.3 Å². The number of hydrogen-bond acceptors (Lipinski definition) is 2. The van der Waals surface area contributed by atoms with Crippen molar-refractivity contribution in [3.05, 3.63) is 6.57 Å². The van der Waals surface area contributed by atoms with Gasteiger partial charge in [0.05, 0.1) is 6.54 Å². The van der Waals surface area contributed by atoms with E-state index in [9.17, 15) is 0 Å². The molecule has 0 heterocycles. The summed E-state index contributed by atoms with van der Waals surface area (Å²) in [5.41, 5.74) is 5.54. The van der Waals surface area contributed by atoms with Gasteiger partial charge in [0.1, 0.15) is 0 Å². The Morgan fingerprint density at radius 1 is 1.55 bits per heavy atom. The van der Waals surface area contributed by atoms with Gasteiger partial charge in [-0.25, -0.2) is 0 Å². The second-order valence-corrected chi connectivity index (χ2v) is 2.88. The topological polar surface area (TPSA) is 63.8 Å². The lowest BCUT2D eigenvalue weighted by atomic mass is 10.6. The van der Waals surface area contributed by atoms with Gasteiger partial charge >= 0.3 is 5.17 Å². The fraction of sp³-hybridized carbons (Fsp3) is 0.714. The molecule has 3 nitrogen and oxygen atoms in total. The predicted molar refractivity (Wildman–Crippen MR) is 48.4 cm³/mol. The van der Waals surface area contributed by atoms with Crippen LogP contribution in [-0.2, 0) is 0 Å². The highest BCUT2D eigenvalue weighted by molar-refractivity contribution is 8.13. The molecular weight excluding hydrogens is 158 g/mol. The molecule has 0 bridgehead atoms. The maximum absolute atomic E-state index is 6.25. The summed E-state index contributed by atoms with van der Waals surface area (Å²) in [5.74, 6) is 1.11. The quantitative estimate of drug-likeness (QED) is 0.348. The van der Waals surface area contributed by atoms with E-state index < -0.39 is 0 Å². The molecular formula is C7H15N3S. The van der Waals surface area contributed by atoms with E-state index in [2.05, 4.69) is 11.9 Å². The van der Waals surface area contributed by atoms with E-state index in [0.29, 0.717) is 0 Å². The standard InChI is InChI=1S/C6H14N2S.CN/c1-3-5-9-6(7)8-4-2;1-2/h3-5H2,1-2H3,(H2,7,8);/q;-1/p+1. The van der Waals surface area contributed by atoms with Gasteiger partial charge in [-0.1, -0.05) is 6.92 Å². The fourth-order valence-electron chi connectivity index (χ4n) is 0.437. The Bertz CT molecular complexity index is 120. The van der Waals surface area contributed by atoms with Crippen LogP contribution in [0.15, 0.2) is 0 Å². The molecule has 0 rings (SSSR count). The number of nitrogens with one attached hydrogen (secondary N) is 1. The van der Waals surface area contributed by atoms with Crippen molar-refractivity contribution >= 4 is 16.9 Å². The molecule has 4 heteroatoms. The third kappa shape index (κ3) is 12.5. The molecule has 0 aromatic carbocycles. The summed E-state index contributed by atoms with van der Waals surface area (Å²) < 4.78 is 0. The number of nitrogens with zero attached hydrogens (tertiary/aromatic N) is 1. The Hall–Kier alpha value is -0.690. The molecule has 0 amide bonds. The summed E-state index contributed by atoms with van der Waals surface area (Å²) in [6, 6.07) is 0. The highest BCUT2D eigenvalue weighted by Crippen LogP contribution is 1.96. The minimum absolute atomic E-state index is 0.847. The summed E-state index contributed by atoms with van der Waals surface area (Å²) >= 11 is 1.68. The summed E-state index contributed by atoms with van der Waals surface area (Å²) in [4.78, 5) is 3.04. The molecule has 0 saturated heterocycles. The summed E-state index contributed by atoms with van der Waals surface area (Å²) in [6.45, 7) is 9.86. The van der Waals surface area contributed by atoms with Crippen LogP contribution in [0, 0.1) is 11.8 Å². The van der Waals surface area contributed by atoms with Gasteiger partial charge in [-0.15, -0.1) is 0 Å². The van der Waals surface area contributed by atoms with Gasteiger partial charge in [-0.2, -0.15) is 0 Å². The van der Waals surface area contributed by atoms with E-state index in [0.717, 1.165) is 17.5 Å². The van der Waals surface area contributed by atoms with E-state index in [4.69, 9.17) is 17.6 Å². The monoisotopic (exact) mass is 173 g/mol. The van der Waals surface area contributed by atoms with E-state index in [1.165, 1.54) is 6.42 Å². The van der Waals surface area contributed by atoms with Crippen molar-refractivity contribution in [1.82, 2.24) is 0 Å². The predicted octanol–water partition coefficient (Wildman–Crippen LogP) is -0.359. The molecule has 0 aromatic rings. The van der Waals surface area contributed by atoms with Gasteiger partial charge < -0.3 is 11.8 Å². The van der Waals surface area contributed by atoms with E-state index in [1.54, 1.807) is 11.8 Å². The minimum atomic E-state index is 0.847. The number of thioether (sulfide) groups is 1. The van der Waals surface area contributed by atoms with Crippen molar-refractivity contribution < 1.29 is 4.99 Å². The first-order valence-electron chi connectivity index (χ1n) is 3.52. The highest BCUT2D eigenvalue weighted by Gasteiger charge is 1.94. The van der Waals surface area contributed by atoms with Crippen LogP contribution >= 0.6 is 11.8 Å². The van der Waals surface area contributed by atoms with Crippen LogP contribution in [0.25, 0.3) is 0 Å². The number of amidine groups is 1. The average Bonchev–Trinajstić information content (AvgIpc) is 2.05. The molecule has 11 heavy (non-hydrogen) atoms. The molecule has 3 N–H and O–H groups in total. The van der Waals surface area contributed by atoms with Crippen LogP contribution in [-0.4, -0.2) is 17.5 Å². The van der Waals surface area contributed by atoms with E-state index in [-0.39, 0.29) is 0 Å². The average molecular weight is 173 g/mol. The first kappa shape index (κ1) is 12.9. The molecule has 64 valence electrons. The minimum Gasteiger partial charge on any atom is -0.512 e. The molecule has 0 aliphatic heterocycles. The number of nitrogens with two attached hydrogens (primary N) is 1. The maximum atomic E-state index is 6.25. The lowest BCUT2D eigenvalue weighted by Crippen LogP contribution is -2.73. The molecule has 0 saturated carbocycles. The normalized spacial score (nSPS) is 10.0. The third-order valence-electron chi connectivity index (χ3n) is 0.813. The van der Waals surface area contributed by atoms with Crippen molar-refractivity contribution in [2.24, 2.45) is 5.73 Å². The van der Waals surface area contributed by atoms with Crippen LogP contribution in [0.1, 0.15) is 20.3 Å². The Morgan fingerprint density at radius 2 is 2.09 bits per heavy atom. The number of rotatable bonds is 3. The van der Waals surface area contributed by atoms with Gasteiger partial charge in [0.25, 0.3) is 0 Å². The van der Waals surface area contributed by atoms with Crippen molar-refractivity contribution in [3.63, 3.8) is 0 Å². The molecule has 0 unspecified atom stereocenters. The lowest BCUT2D eigenvalue weighted by Gasteiger charge is -1.89. The van der Waals surface area contributed by atoms with Gasteiger partial charge in [0.2, 0.25) is 0 Å².